The predicted molar refractivity (Wildman–Crippen MR) is 119 cm³/mol. The molecule has 1 aromatic rings. The third-order valence-corrected chi connectivity index (χ3v) is 6.89. The molecule has 3 heterocycles. The lowest BCUT2D eigenvalue weighted by molar-refractivity contribution is -0.151. The number of carbonyl (C=O) groups excluding carboxylic acids is 2. The van der Waals surface area contributed by atoms with Gasteiger partial charge >= 0.3 is 12.1 Å². The molecule has 10 heteroatoms. The molecule has 1 amide bonds. The zero-order chi connectivity index (χ0) is 24.3. The van der Waals surface area contributed by atoms with E-state index in [1.807, 2.05) is 0 Å². The second kappa shape index (κ2) is 9.95. The van der Waals surface area contributed by atoms with Gasteiger partial charge < -0.3 is 20.1 Å². The molecule has 2 saturated heterocycles. The molecular weight excluding hydrogens is 451 g/mol. The highest BCUT2D eigenvalue weighted by atomic mass is 19.4. The van der Waals surface area contributed by atoms with Crippen LogP contribution in [-0.4, -0.2) is 67.8 Å². The monoisotopic (exact) mass is 481 g/mol. The van der Waals surface area contributed by atoms with Crippen LogP contribution in [0.3, 0.4) is 0 Å². The van der Waals surface area contributed by atoms with Crippen molar-refractivity contribution < 1.29 is 32.2 Å². The topological polar surface area (TPSA) is 79.9 Å². The standard InChI is InChI=1S/C24H30F3N3O4/c1-16-20(21(31)29-10-9-28-18-4-2-3-17(15-18)24(25,26)27)23(34-22(16)32)7-11-30(12-8-23)19-5-13-33-14-6-19/h2-4,15,19,28H,5-14H2,1H3,(H,29,31). The molecule has 1 spiro atoms. The van der Waals surface area contributed by atoms with Gasteiger partial charge in [0.25, 0.3) is 5.91 Å². The summed E-state index contributed by atoms with van der Waals surface area (Å²) in [4.78, 5) is 27.8. The summed E-state index contributed by atoms with van der Waals surface area (Å²) in [5, 5.41) is 5.68. The number of halogens is 3. The Hall–Kier alpha value is -2.59. The van der Waals surface area contributed by atoms with Crippen molar-refractivity contribution in [3.8, 4) is 0 Å². The normalized spacial score (nSPS) is 21.6. The highest BCUT2D eigenvalue weighted by Gasteiger charge is 2.51. The maximum atomic E-state index is 13.0. The van der Waals surface area contributed by atoms with E-state index in [9.17, 15) is 22.8 Å². The minimum atomic E-state index is -4.42. The van der Waals surface area contributed by atoms with Crippen molar-refractivity contribution in [2.75, 3.05) is 44.7 Å². The summed E-state index contributed by atoms with van der Waals surface area (Å²) >= 11 is 0. The Labute approximate surface area is 196 Å². The number of hydrogen-bond donors (Lipinski definition) is 2. The summed E-state index contributed by atoms with van der Waals surface area (Å²) in [7, 11) is 0. The third kappa shape index (κ3) is 5.22. The molecular formula is C24H30F3N3O4. The number of likely N-dealkylation sites (tertiary alicyclic amines) is 1. The van der Waals surface area contributed by atoms with Crippen molar-refractivity contribution in [1.82, 2.24) is 10.2 Å². The molecule has 7 nitrogen and oxygen atoms in total. The quantitative estimate of drug-likeness (QED) is 0.480. The summed E-state index contributed by atoms with van der Waals surface area (Å²) in [5.74, 6) is -0.833. The average Bonchev–Trinajstić information content (AvgIpc) is 3.06. The maximum absolute atomic E-state index is 13.0. The number of amides is 1. The number of anilines is 1. The molecule has 34 heavy (non-hydrogen) atoms. The van der Waals surface area contributed by atoms with Gasteiger partial charge in [0, 0.05) is 69.5 Å². The van der Waals surface area contributed by atoms with Crippen molar-refractivity contribution in [3.63, 3.8) is 0 Å². The Morgan fingerprint density at radius 3 is 2.56 bits per heavy atom. The lowest BCUT2D eigenvalue weighted by Crippen LogP contribution is -2.52. The van der Waals surface area contributed by atoms with E-state index >= 15 is 0 Å². The summed E-state index contributed by atoms with van der Waals surface area (Å²) in [5.41, 5.74) is -0.638. The van der Waals surface area contributed by atoms with Crippen molar-refractivity contribution in [2.45, 2.75) is 50.4 Å². The minimum absolute atomic E-state index is 0.185. The zero-order valence-electron chi connectivity index (χ0n) is 19.2. The van der Waals surface area contributed by atoms with Crippen molar-refractivity contribution >= 4 is 17.6 Å². The Morgan fingerprint density at radius 1 is 1.18 bits per heavy atom. The largest absolute Gasteiger partial charge is 0.450 e. The molecule has 3 aliphatic rings. The van der Waals surface area contributed by atoms with Gasteiger partial charge in [0.2, 0.25) is 0 Å². The van der Waals surface area contributed by atoms with Gasteiger partial charge in [0.1, 0.15) is 5.60 Å². The number of alkyl halides is 3. The van der Waals surface area contributed by atoms with E-state index in [2.05, 4.69) is 15.5 Å². The highest BCUT2D eigenvalue weighted by Crippen LogP contribution is 2.41. The lowest BCUT2D eigenvalue weighted by Gasteiger charge is -2.43. The van der Waals surface area contributed by atoms with E-state index in [1.165, 1.54) is 12.1 Å². The van der Waals surface area contributed by atoms with E-state index < -0.39 is 23.3 Å². The van der Waals surface area contributed by atoms with Gasteiger partial charge in [-0.25, -0.2) is 4.79 Å². The molecule has 1 aromatic carbocycles. The fourth-order valence-electron chi connectivity index (χ4n) is 5.06. The molecule has 2 N–H and O–H groups in total. The summed E-state index contributed by atoms with van der Waals surface area (Å²) in [6, 6.07) is 5.35. The van der Waals surface area contributed by atoms with Crippen LogP contribution >= 0.6 is 0 Å². The van der Waals surface area contributed by atoms with Gasteiger partial charge in [-0.2, -0.15) is 13.2 Å². The van der Waals surface area contributed by atoms with Gasteiger partial charge in [-0.1, -0.05) is 6.07 Å². The van der Waals surface area contributed by atoms with Gasteiger partial charge in [-0.3, -0.25) is 9.69 Å². The summed E-state index contributed by atoms with van der Waals surface area (Å²) in [6.45, 7) is 5.00. The van der Waals surface area contributed by atoms with Gasteiger partial charge in [-0.05, 0) is 38.0 Å². The molecule has 3 aliphatic heterocycles. The fraction of sp³-hybridized carbons (Fsp3) is 0.583. The third-order valence-electron chi connectivity index (χ3n) is 6.89. The Balaban J connectivity index is 1.33. The number of benzene rings is 1. The number of nitrogens with one attached hydrogen (secondary N) is 2. The van der Waals surface area contributed by atoms with Crippen LogP contribution in [0.1, 0.15) is 38.2 Å². The smallest absolute Gasteiger partial charge is 0.416 e. The molecule has 4 rings (SSSR count). The van der Waals surface area contributed by atoms with Crippen molar-refractivity contribution in [1.29, 1.82) is 0 Å². The first-order chi connectivity index (χ1) is 16.2. The number of hydrogen-bond acceptors (Lipinski definition) is 6. The summed E-state index contributed by atoms with van der Waals surface area (Å²) < 4.78 is 49.8. The van der Waals surface area contributed by atoms with Crippen LogP contribution in [0.4, 0.5) is 18.9 Å². The number of carbonyl (C=O) groups is 2. The van der Waals surface area contributed by atoms with Crippen LogP contribution in [0, 0.1) is 0 Å². The number of ether oxygens (including phenoxy) is 2. The van der Waals surface area contributed by atoms with Crippen LogP contribution in [0.5, 0.6) is 0 Å². The molecule has 0 atom stereocenters. The van der Waals surface area contributed by atoms with Crippen LogP contribution in [0.2, 0.25) is 0 Å². The Bertz CT molecular complexity index is 949. The number of esters is 1. The van der Waals surface area contributed by atoms with E-state index in [1.54, 1.807) is 6.92 Å². The van der Waals surface area contributed by atoms with Crippen LogP contribution in [-0.2, 0) is 25.2 Å². The SMILES string of the molecule is CC1=C(C(=O)NCCNc2cccc(C(F)(F)F)c2)C2(CCN(C3CCOCC3)CC2)OC1=O. The van der Waals surface area contributed by atoms with Crippen LogP contribution in [0.15, 0.2) is 35.4 Å². The second-order valence-electron chi connectivity index (χ2n) is 9.02. The van der Waals surface area contributed by atoms with E-state index in [0.29, 0.717) is 35.7 Å². The minimum Gasteiger partial charge on any atom is -0.450 e. The first-order valence-electron chi connectivity index (χ1n) is 11.7. The highest BCUT2D eigenvalue weighted by molar-refractivity contribution is 6.07. The predicted octanol–water partition coefficient (Wildman–Crippen LogP) is 3.12. The molecule has 0 unspecified atom stereocenters. The van der Waals surface area contributed by atoms with Crippen molar-refractivity contribution in [2.24, 2.45) is 0 Å². The van der Waals surface area contributed by atoms with Gasteiger partial charge in [-0.15, -0.1) is 0 Å². The van der Waals surface area contributed by atoms with E-state index in [0.717, 1.165) is 51.3 Å². The molecule has 186 valence electrons. The molecule has 0 radical (unpaired) electrons. The Morgan fingerprint density at radius 2 is 1.88 bits per heavy atom. The van der Waals surface area contributed by atoms with E-state index in [4.69, 9.17) is 9.47 Å². The zero-order valence-corrected chi connectivity index (χ0v) is 19.2. The Kier molecular flexibility index (Phi) is 7.18. The fourth-order valence-corrected chi connectivity index (χ4v) is 5.06. The first-order valence-corrected chi connectivity index (χ1v) is 11.7. The van der Waals surface area contributed by atoms with Crippen molar-refractivity contribution in [3.05, 3.63) is 41.0 Å². The molecule has 0 bridgehead atoms. The van der Waals surface area contributed by atoms with Crippen LogP contribution < -0.4 is 10.6 Å². The van der Waals surface area contributed by atoms with Gasteiger partial charge in [0.15, 0.2) is 0 Å². The molecule has 2 fully saturated rings. The molecule has 0 aromatic heterocycles. The second-order valence-corrected chi connectivity index (χ2v) is 9.02. The first kappa shape index (κ1) is 24.5. The van der Waals surface area contributed by atoms with E-state index in [-0.39, 0.29) is 19.0 Å². The molecule has 0 aliphatic carbocycles. The average molecular weight is 482 g/mol. The van der Waals surface area contributed by atoms with Gasteiger partial charge in [0.05, 0.1) is 11.1 Å². The lowest BCUT2D eigenvalue weighted by atomic mass is 9.82. The van der Waals surface area contributed by atoms with Crippen LogP contribution in [0.25, 0.3) is 0 Å². The maximum Gasteiger partial charge on any atom is 0.416 e. The number of piperidine rings is 1. The molecule has 0 saturated carbocycles. The summed E-state index contributed by atoms with van der Waals surface area (Å²) in [6.07, 6.45) is -1.35. The number of nitrogens with zero attached hydrogens (tertiary/aromatic N) is 1. The number of rotatable bonds is 6.